The number of carbonyl (C=O) groups excluding carboxylic acids is 3. The largest absolute Gasteiger partial charge is 0.463 e. The molecule has 0 saturated carbocycles. The van der Waals surface area contributed by atoms with E-state index in [0.29, 0.717) is 0 Å². The SMILES string of the molecule is CC(=O)OCC(COC1OC(COC(C)=O)C(O)C(O)C1O)OC(C)=O. The van der Waals surface area contributed by atoms with Crippen molar-refractivity contribution in [2.45, 2.75) is 57.6 Å². The third-order valence-corrected chi connectivity index (χ3v) is 3.37. The average molecular weight is 380 g/mol. The third kappa shape index (κ3) is 7.22. The van der Waals surface area contributed by atoms with E-state index >= 15 is 0 Å². The van der Waals surface area contributed by atoms with Crippen LogP contribution in [0.15, 0.2) is 0 Å². The van der Waals surface area contributed by atoms with Gasteiger partial charge in [0.15, 0.2) is 12.4 Å². The summed E-state index contributed by atoms with van der Waals surface area (Å²) in [5.74, 6) is -1.84. The molecule has 150 valence electrons. The van der Waals surface area contributed by atoms with Crippen molar-refractivity contribution < 1.29 is 53.4 Å². The highest BCUT2D eigenvalue weighted by molar-refractivity contribution is 5.67. The van der Waals surface area contributed by atoms with Gasteiger partial charge in [0.2, 0.25) is 0 Å². The lowest BCUT2D eigenvalue weighted by atomic mass is 9.99. The molecule has 0 radical (unpaired) electrons. The summed E-state index contributed by atoms with van der Waals surface area (Å²) < 4.78 is 25.0. The molecule has 6 unspecified atom stereocenters. The maximum Gasteiger partial charge on any atom is 0.303 e. The second-order valence-corrected chi connectivity index (χ2v) is 5.68. The van der Waals surface area contributed by atoms with E-state index in [4.69, 9.17) is 23.7 Å². The van der Waals surface area contributed by atoms with Gasteiger partial charge in [-0.25, -0.2) is 0 Å². The van der Waals surface area contributed by atoms with Crippen LogP contribution >= 0.6 is 0 Å². The van der Waals surface area contributed by atoms with E-state index in [1.54, 1.807) is 0 Å². The minimum atomic E-state index is -1.62. The molecule has 1 fully saturated rings. The fraction of sp³-hybridized carbons (Fsp3) is 0.800. The minimum absolute atomic E-state index is 0.278. The summed E-state index contributed by atoms with van der Waals surface area (Å²) >= 11 is 0. The molecule has 1 heterocycles. The van der Waals surface area contributed by atoms with Gasteiger partial charge in [0.05, 0.1) is 6.61 Å². The van der Waals surface area contributed by atoms with Crippen LogP contribution in [-0.2, 0) is 38.1 Å². The Morgan fingerprint density at radius 2 is 1.50 bits per heavy atom. The van der Waals surface area contributed by atoms with Crippen molar-refractivity contribution in [3.05, 3.63) is 0 Å². The lowest BCUT2D eigenvalue weighted by Crippen LogP contribution is -2.59. The molecule has 1 aliphatic heterocycles. The lowest BCUT2D eigenvalue weighted by Gasteiger charge is -2.40. The van der Waals surface area contributed by atoms with Crippen LogP contribution in [0.1, 0.15) is 20.8 Å². The first-order chi connectivity index (χ1) is 12.1. The number of carbonyl (C=O) groups is 3. The predicted octanol–water partition coefficient (Wildman–Crippen LogP) is -2.13. The van der Waals surface area contributed by atoms with Gasteiger partial charge < -0.3 is 39.0 Å². The molecule has 3 N–H and O–H groups in total. The molecule has 1 saturated heterocycles. The highest BCUT2D eigenvalue weighted by atomic mass is 16.7. The quantitative estimate of drug-likeness (QED) is 0.312. The van der Waals surface area contributed by atoms with Crippen molar-refractivity contribution in [2.75, 3.05) is 19.8 Å². The Balaban J connectivity index is 2.66. The van der Waals surface area contributed by atoms with Crippen LogP contribution in [0.25, 0.3) is 0 Å². The van der Waals surface area contributed by atoms with Gasteiger partial charge >= 0.3 is 17.9 Å². The molecule has 11 nitrogen and oxygen atoms in total. The summed E-state index contributed by atoms with van der Waals surface area (Å²) in [6.07, 6.45) is -8.23. The Morgan fingerprint density at radius 3 is 2.04 bits per heavy atom. The highest BCUT2D eigenvalue weighted by Crippen LogP contribution is 2.22. The summed E-state index contributed by atoms with van der Waals surface area (Å²) in [6, 6.07) is 0. The van der Waals surface area contributed by atoms with Gasteiger partial charge in [-0.15, -0.1) is 0 Å². The molecule has 11 heteroatoms. The first-order valence-corrected chi connectivity index (χ1v) is 7.87. The molecule has 0 spiro atoms. The van der Waals surface area contributed by atoms with E-state index < -0.39 is 54.7 Å². The van der Waals surface area contributed by atoms with Crippen molar-refractivity contribution in [3.8, 4) is 0 Å². The van der Waals surface area contributed by atoms with Crippen LogP contribution in [0, 0.1) is 0 Å². The molecular weight excluding hydrogens is 356 g/mol. The van der Waals surface area contributed by atoms with Gasteiger partial charge in [-0.3, -0.25) is 14.4 Å². The molecule has 0 amide bonds. The standard InChI is InChI=1S/C15H24O11/c1-7(16)22-4-10(25-9(3)18)5-24-15-14(21)13(20)12(19)11(26-15)6-23-8(2)17/h10-15,19-21H,4-6H2,1-3H3. The van der Waals surface area contributed by atoms with Crippen molar-refractivity contribution in [1.29, 1.82) is 0 Å². The number of ether oxygens (including phenoxy) is 5. The Kier molecular flexibility index (Phi) is 8.88. The van der Waals surface area contributed by atoms with E-state index in [9.17, 15) is 29.7 Å². The van der Waals surface area contributed by atoms with Crippen LogP contribution < -0.4 is 0 Å². The molecule has 0 aromatic rings. The predicted molar refractivity (Wildman–Crippen MR) is 81.5 cm³/mol. The topological polar surface area (TPSA) is 158 Å². The van der Waals surface area contributed by atoms with Crippen molar-refractivity contribution in [1.82, 2.24) is 0 Å². The first-order valence-electron chi connectivity index (χ1n) is 7.87. The van der Waals surface area contributed by atoms with Crippen LogP contribution in [0.2, 0.25) is 0 Å². The van der Waals surface area contributed by atoms with Crippen molar-refractivity contribution in [2.24, 2.45) is 0 Å². The third-order valence-electron chi connectivity index (χ3n) is 3.37. The molecule has 0 aromatic carbocycles. The number of hydrogen-bond donors (Lipinski definition) is 3. The smallest absolute Gasteiger partial charge is 0.303 e. The average Bonchev–Trinajstić information content (AvgIpc) is 2.55. The fourth-order valence-electron chi connectivity index (χ4n) is 2.15. The van der Waals surface area contributed by atoms with Crippen LogP contribution in [0.4, 0.5) is 0 Å². The van der Waals surface area contributed by atoms with E-state index in [1.165, 1.54) is 6.92 Å². The molecule has 0 aromatic heterocycles. The zero-order chi connectivity index (χ0) is 19.9. The zero-order valence-electron chi connectivity index (χ0n) is 14.7. The minimum Gasteiger partial charge on any atom is -0.463 e. The Hall–Kier alpha value is -1.79. The highest BCUT2D eigenvalue weighted by Gasteiger charge is 2.45. The second-order valence-electron chi connectivity index (χ2n) is 5.68. The molecule has 0 aliphatic carbocycles. The normalized spacial score (nSPS) is 29.5. The molecule has 0 bridgehead atoms. The second kappa shape index (κ2) is 10.4. The van der Waals surface area contributed by atoms with E-state index in [0.717, 1.165) is 13.8 Å². The van der Waals surface area contributed by atoms with Gasteiger partial charge in [0.1, 0.15) is 37.6 Å². The summed E-state index contributed by atoms with van der Waals surface area (Å²) in [5, 5.41) is 29.7. The fourth-order valence-corrected chi connectivity index (χ4v) is 2.15. The van der Waals surface area contributed by atoms with Crippen LogP contribution in [-0.4, -0.2) is 89.9 Å². The monoisotopic (exact) mass is 380 g/mol. The summed E-state index contributed by atoms with van der Waals surface area (Å²) in [6.45, 7) is 2.53. The van der Waals surface area contributed by atoms with Gasteiger partial charge in [-0.05, 0) is 0 Å². The van der Waals surface area contributed by atoms with Gasteiger partial charge in [-0.1, -0.05) is 0 Å². The van der Waals surface area contributed by atoms with E-state index in [2.05, 4.69) is 0 Å². The summed E-state index contributed by atoms with van der Waals surface area (Å²) in [7, 11) is 0. The lowest BCUT2D eigenvalue weighted by molar-refractivity contribution is -0.305. The molecule has 1 aliphatic rings. The van der Waals surface area contributed by atoms with Crippen LogP contribution in [0.3, 0.4) is 0 Å². The Morgan fingerprint density at radius 1 is 0.885 bits per heavy atom. The number of rotatable bonds is 8. The maximum atomic E-state index is 11.1. The molecular formula is C15H24O11. The number of aliphatic hydroxyl groups excluding tert-OH is 3. The number of aliphatic hydroxyl groups is 3. The molecule has 1 rings (SSSR count). The van der Waals surface area contributed by atoms with Crippen LogP contribution in [0.5, 0.6) is 0 Å². The van der Waals surface area contributed by atoms with Crippen molar-refractivity contribution >= 4 is 17.9 Å². The summed E-state index contributed by atoms with van der Waals surface area (Å²) in [4.78, 5) is 32.8. The molecule has 6 atom stereocenters. The van der Waals surface area contributed by atoms with Gasteiger partial charge in [-0.2, -0.15) is 0 Å². The molecule has 26 heavy (non-hydrogen) atoms. The Labute approximate surface area is 149 Å². The number of esters is 3. The van der Waals surface area contributed by atoms with E-state index in [1.807, 2.05) is 0 Å². The first kappa shape index (κ1) is 22.3. The zero-order valence-corrected chi connectivity index (χ0v) is 14.7. The Bertz CT molecular complexity index is 494. The van der Waals surface area contributed by atoms with Gasteiger partial charge in [0, 0.05) is 20.8 Å². The summed E-state index contributed by atoms with van der Waals surface area (Å²) in [5.41, 5.74) is 0. The van der Waals surface area contributed by atoms with Gasteiger partial charge in [0.25, 0.3) is 0 Å². The van der Waals surface area contributed by atoms with Crippen molar-refractivity contribution in [3.63, 3.8) is 0 Å². The maximum absolute atomic E-state index is 11.1. The van der Waals surface area contributed by atoms with E-state index in [-0.39, 0.29) is 19.8 Å². The number of hydrogen-bond acceptors (Lipinski definition) is 11.